The Morgan fingerprint density at radius 1 is 1.29 bits per heavy atom. The zero-order valence-electron chi connectivity index (χ0n) is 12.7. The molecule has 116 valence electrons. The molecule has 1 saturated carbocycles. The Labute approximate surface area is 126 Å². The SMILES string of the molecule is Cc1cccc(OCC(=O)NCC2(O)CCCCCC2)c1. The molecule has 0 aromatic heterocycles. The minimum Gasteiger partial charge on any atom is -0.484 e. The molecule has 1 fully saturated rings. The van der Waals surface area contributed by atoms with E-state index in [2.05, 4.69) is 5.32 Å². The molecule has 4 nitrogen and oxygen atoms in total. The van der Waals surface area contributed by atoms with E-state index in [1.54, 1.807) is 0 Å². The second-order valence-electron chi connectivity index (χ2n) is 6.02. The van der Waals surface area contributed by atoms with E-state index in [1.807, 2.05) is 31.2 Å². The van der Waals surface area contributed by atoms with Crippen molar-refractivity contribution in [1.29, 1.82) is 0 Å². The molecule has 2 rings (SSSR count). The van der Waals surface area contributed by atoms with Crippen LogP contribution < -0.4 is 10.1 Å². The molecule has 1 aliphatic rings. The van der Waals surface area contributed by atoms with E-state index >= 15 is 0 Å². The standard InChI is InChI=1S/C17H25NO3/c1-14-7-6-8-15(11-14)21-12-16(19)18-13-17(20)9-4-2-3-5-10-17/h6-8,11,20H,2-5,9-10,12-13H2,1H3,(H,18,19). The average molecular weight is 291 g/mol. The maximum absolute atomic E-state index is 11.8. The van der Waals surface area contributed by atoms with Crippen LogP contribution in [0.5, 0.6) is 5.75 Å². The Kier molecular flexibility index (Phi) is 5.62. The van der Waals surface area contributed by atoms with E-state index in [-0.39, 0.29) is 12.5 Å². The summed E-state index contributed by atoms with van der Waals surface area (Å²) in [4.78, 5) is 11.8. The van der Waals surface area contributed by atoms with Gasteiger partial charge >= 0.3 is 0 Å². The molecule has 0 radical (unpaired) electrons. The molecule has 2 N–H and O–H groups in total. The monoisotopic (exact) mass is 291 g/mol. The Balaban J connectivity index is 1.74. The summed E-state index contributed by atoms with van der Waals surface area (Å²) in [6.07, 6.45) is 5.95. The molecule has 0 unspecified atom stereocenters. The average Bonchev–Trinajstić information content (AvgIpc) is 2.68. The Bertz CT molecular complexity index is 465. The number of carbonyl (C=O) groups excluding carboxylic acids is 1. The molecule has 0 atom stereocenters. The van der Waals surface area contributed by atoms with Crippen LogP contribution in [0.4, 0.5) is 0 Å². The van der Waals surface area contributed by atoms with Crippen LogP contribution in [0.25, 0.3) is 0 Å². The number of benzene rings is 1. The van der Waals surface area contributed by atoms with Gasteiger partial charge in [0.15, 0.2) is 6.61 Å². The lowest BCUT2D eigenvalue weighted by atomic mass is 9.94. The lowest BCUT2D eigenvalue weighted by Crippen LogP contribution is -2.44. The molecule has 1 aromatic carbocycles. The normalized spacial score (nSPS) is 17.8. The summed E-state index contributed by atoms with van der Waals surface area (Å²) in [7, 11) is 0. The molecule has 1 aromatic rings. The first-order valence-corrected chi connectivity index (χ1v) is 7.76. The summed E-state index contributed by atoms with van der Waals surface area (Å²) < 4.78 is 5.45. The van der Waals surface area contributed by atoms with E-state index in [9.17, 15) is 9.90 Å². The minimum atomic E-state index is -0.741. The van der Waals surface area contributed by atoms with Crippen molar-refractivity contribution >= 4 is 5.91 Å². The molecule has 1 amide bonds. The second kappa shape index (κ2) is 7.46. The molecule has 0 aliphatic heterocycles. The predicted molar refractivity (Wildman–Crippen MR) is 82.3 cm³/mol. The third kappa shape index (κ3) is 5.38. The largest absolute Gasteiger partial charge is 0.484 e. The first kappa shape index (κ1) is 15.8. The molecule has 4 heteroatoms. The van der Waals surface area contributed by atoms with Crippen LogP contribution in [0, 0.1) is 6.92 Å². The summed E-state index contributed by atoms with van der Waals surface area (Å²) in [5.41, 5.74) is 0.357. The topological polar surface area (TPSA) is 58.6 Å². The number of carbonyl (C=O) groups is 1. The van der Waals surface area contributed by atoms with E-state index in [0.717, 1.165) is 31.2 Å². The molecule has 21 heavy (non-hydrogen) atoms. The van der Waals surface area contributed by atoms with Gasteiger partial charge < -0.3 is 15.2 Å². The molecule has 0 spiro atoms. The van der Waals surface area contributed by atoms with Gasteiger partial charge in [-0.15, -0.1) is 0 Å². The van der Waals surface area contributed by atoms with Crippen molar-refractivity contribution in [3.05, 3.63) is 29.8 Å². The smallest absolute Gasteiger partial charge is 0.258 e. The molecular weight excluding hydrogens is 266 g/mol. The van der Waals surface area contributed by atoms with E-state index in [4.69, 9.17) is 4.74 Å². The molecule has 1 aliphatic carbocycles. The maximum Gasteiger partial charge on any atom is 0.258 e. The lowest BCUT2D eigenvalue weighted by molar-refractivity contribution is -0.124. The van der Waals surface area contributed by atoms with Crippen molar-refractivity contribution < 1.29 is 14.6 Å². The highest BCUT2D eigenvalue weighted by molar-refractivity contribution is 5.77. The molecular formula is C17H25NO3. The molecule has 0 saturated heterocycles. The number of nitrogens with one attached hydrogen (secondary N) is 1. The van der Waals surface area contributed by atoms with Crippen molar-refractivity contribution in [3.63, 3.8) is 0 Å². The van der Waals surface area contributed by atoms with E-state index in [0.29, 0.717) is 12.3 Å². The van der Waals surface area contributed by atoms with Crippen molar-refractivity contribution in [2.24, 2.45) is 0 Å². The van der Waals surface area contributed by atoms with Crippen LogP contribution in [0.15, 0.2) is 24.3 Å². The second-order valence-corrected chi connectivity index (χ2v) is 6.02. The summed E-state index contributed by atoms with van der Waals surface area (Å²) in [6, 6.07) is 7.61. The summed E-state index contributed by atoms with van der Waals surface area (Å²) in [5.74, 6) is 0.507. The Hall–Kier alpha value is -1.55. The first-order valence-electron chi connectivity index (χ1n) is 7.76. The number of rotatable bonds is 5. The Morgan fingerprint density at radius 2 is 2.00 bits per heavy atom. The minimum absolute atomic E-state index is 0.0144. The fourth-order valence-electron chi connectivity index (χ4n) is 2.73. The highest BCUT2D eigenvalue weighted by Gasteiger charge is 2.28. The van der Waals surface area contributed by atoms with Crippen molar-refractivity contribution in [3.8, 4) is 5.75 Å². The zero-order valence-corrected chi connectivity index (χ0v) is 12.7. The third-order valence-electron chi connectivity index (χ3n) is 4.01. The molecule has 0 heterocycles. The van der Waals surface area contributed by atoms with Gasteiger partial charge in [0.25, 0.3) is 5.91 Å². The number of aryl methyl sites for hydroxylation is 1. The third-order valence-corrected chi connectivity index (χ3v) is 4.01. The van der Waals surface area contributed by atoms with E-state index in [1.165, 1.54) is 12.8 Å². The first-order chi connectivity index (χ1) is 10.1. The zero-order chi connectivity index (χ0) is 15.1. The van der Waals surface area contributed by atoms with Crippen LogP contribution >= 0.6 is 0 Å². The lowest BCUT2D eigenvalue weighted by Gasteiger charge is -2.26. The summed E-state index contributed by atoms with van der Waals surface area (Å²) in [5, 5.41) is 13.3. The summed E-state index contributed by atoms with van der Waals surface area (Å²) >= 11 is 0. The number of ether oxygens (including phenoxy) is 1. The van der Waals surface area contributed by atoms with Crippen molar-refractivity contribution in [2.45, 2.75) is 51.0 Å². The van der Waals surface area contributed by atoms with Crippen molar-refractivity contribution in [1.82, 2.24) is 5.32 Å². The summed E-state index contributed by atoms with van der Waals surface area (Å²) in [6.45, 7) is 2.29. The fraction of sp³-hybridized carbons (Fsp3) is 0.588. The van der Waals surface area contributed by atoms with Gasteiger partial charge in [-0.1, -0.05) is 37.8 Å². The number of amides is 1. The van der Waals surface area contributed by atoms with Crippen LogP contribution in [0.3, 0.4) is 0 Å². The fourth-order valence-corrected chi connectivity index (χ4v) is 2.73. The van der Waals surface area contributed by atoms with Gasteiger partial charge in [-0.05, 0) is 37.5 Å². The van der Waals surface area contributed by atoms with Crippen molar-refractivity contribution in [2.75, 3.05) is 13.2 Å². The van der Waals surface area contributed by atoms with Gasteiger partial charge in [0.2, 0.25) is 0 Å². The highest BCUT2D eigenvalue weighted by atomic mass is 16.5. The van der Waals surface area contributed by atoms with Crippen LogP contribution in [-0.4, -0.2) is 29.8 Å². The quantitative estimate of drug-likeness (QED) is 0.820. The Morgan fingerprint density at radius 3 is 2.67 bits per heavy atom. The number of hydrogen-bond donors (Lipinski definition) is 2. The van der Waals surface area contributed by atoms with Crippen LogP contribution in [0.2, 0.25) is 0 Å². The van der Waals surface area contributed by atoms with Gasteiger partial charge in [-0.2, -0.15) is 0 Å². The highest BCUT2D eigenvalue weighted by Crippen LogP contribution is 2.26. The maximum atomic E-state index is 11.8. The number of aliphatic hydroxyl groups is 1. The van der Waals surface area contributed by atoms with Crippen LogP contribution in [0.1, 0.15) is 44.1 Å². The van der Waals surface area contributed by atoms with Gasteiger partial charge in [0.1, 0.15) is 5.75 Å². The molecule has 0 bridgehead atoms. The van der Waals surface area contributed by atoms with Gasteiger partial charge in [0.05, 0.1) is 5.60 Å². The van der Waals surface area contributed by atoms with Crippen LogP contribution in [-0.2, 0) is 4.79 Å². The number of hydrogen-bond acceptors (Lipinski definition) is 3. The predicted octanol–water partition coefficient (Wildman–Crippen LogP) is 2.58. The van der Waals surface area contributed by atoms with Gasteiger partial charge in [-0.3, -0.25) is 4.79 Å². The van der Waals surface area contributed by atoms with Gasteiger partial charge in [-0.25, -0.2) is 0 Å². The van der Waals surface area contributed by atoms with E-state index < -0.39 is 5.60 Å². The van der Waals surface area contributed by atoms with Gasteiger partial charge in [0, 0.05) is 6.54 Å².